The Balaban J connectivity index is 1.06. The number of anilines is 3. The molecule has 0 radical (unpaired) electrons. The average Bonchev–Trinajstić information content (AvgIpc) is 4.01. The van der Waals surface area contributed by atoms with Crippen LogP contribution in [0.15, 0.2) is 229 Å². The van der Waals surface area contributed by atoms with Gasteiger partial charge in [-0.15, -0.1) is 0 Å². The van der Waals surface area contributed by atoms with Gasteiger partial charge in [-0.1, -0.05) is 194 Å². The largest absolute Gasteiger partial charge is 0.454 e. The second kappa shape index (κ2) is 13.4. The number of rotatable bonds is 4. The van der Waals surface area contributed by atoms with Crippen LogP contribution in [0.3, 0.4) is 0 Å². The van der Waals surface area contributed by atoms with Crippen molar-refractivity contribution >= 4 is 39.0 Å². The average molecular weight is 814 g/mol. The van der Waals surface area contributed by atoms with Crippen molar-refractivity contribution < 1.29 is 4.42 Å². The van der Waals surface area contributed by atoms with Crippen LogP contribution in [0.4, 0.5) is 17.1 Å². The van der Waals surface area contributed by atoms with E-state index in [4.69, 9.17) is 4.42 Å². The molecule has 1 heterocycles. The van der Waals surface area contributed by atoms with Crippen molar-refractivity contribution in [3.05, 3.63) is 258 Å². The second-order valence-corrected chi connectivity index (χ2v) is 17.4. The lowest BCUT2D eigenvalue weighted by atomic mass is 9.66. The Hall–Kier alpha value is -8.20. The Kier molecular flexibility index (Phi) is 7.41. The van der Waals surface area contributed by atoms with Crippen LogP contribution in [0.1, 0.15) is 33.4 Å². The molecular weight excluding hydrogens is 775 g/mol. The van der Waals surface area contributed by atoms with E-state index in [9.17, 15) is 0 Å². The van der Waals surface area contributed by atoms with Gasteiger partial charge in [0.25, 0.3) is 0 Å². The third kappa shape index (κ3) is 4.74. The topological polar surface area (TPSA) is 16.4 Å². The highest BCUT2D eigenvalue weighted by Crippen LogP contribution is 2.63. The lowest BCUT2D eigenvalue weighted by Gasteiger charge is -2.35. The van der Waals surface area contributed by atoms with Crippen LogP contribution >= 0.6 is 0 Å². The van der Waals surface area contributed by atoms with Crippen molar-refractivity contribution in [1.29, 1.82) is 0 Å². The minimum Gasteiger partial charge on any atom is -0.454 e. The third-order valence-corrected chi connectivity index (χ3v) is 14.3. The van der Waals surface area contributed by atoms with Gasteiger partial charge in [0.1, 0.15) is 5.58 Å². The van der Waals surface area contributed by atoms with Crippen molar-refractivity contribution in [2.75, 3.05) is 4.90 Å². The van der Waals surface area contributed by atoms with Crippen molar-refractivity contribution in [3.63, 3.8) is 0 Å². The molecule has 64 heavy (non-hydrogen) atoms. The minimum absolute atomic E-state index is 0.572. The maximum atomic E-state index is 6.86. The molecule has 14 rings (SSSR count). The number of benzene rings is 10. The van der Waals surface area contributed by atoms with Crippen LogP contribution in [0.2, 0.25) is 0 Å². The highest BCUT2D eigenvalue weighted by atomic mass is 16.3. The lowest BCUT2D eigenvalue weighted by molar-refractivity contribution is 0.669. The van der Waals surface area contributed by atoms with E-state index in [0.717, 1.165) is 51.0 Å². The molecule has 3 aliphatic carbocycles. The first-order chi connectivity index (χ1) is 31.8. The summed E-state index contributed by atoms with van der Waals surface area (Å²) in [6.07, 6.45) is 0.904. The number of hydrogen-bond acceptors (Lipinski definition) is 2. The molecule has 1 spiro atoms. The number of nitrogens with zero attached hydrogens (tertiary/aromatic N) is 1. The summed E-state index contributed by atoms with van der Waals surface area (Å²) >= 11 is 0. The smallest absolute Gasteiger partial charge is 0.159 e. The molecule has 0 fully saturated rings. The van der Waals surface area contributed by atoms with E-state index in [1.807, 2.05) is 0 Å². The number of fused-ring (bicyclic) bond motifs is 18. The van der Waals surface area contributed by atoms with Crippen molar-refractivity contribution in [2.24, 2.45) is 0 Å². The lowest BCUT2D eigenvalue weighted by Crippen LogP contribution is -2.29. The predicted octanol–water partition coefficient (Wildman–Crippen LogP) is 16.3. The van der Waals surface area contributed by atoms with E-state index in [0.29, 0.717) is 0 Å². The molecule has 0 unspecified atom stereocenters. The summed E-state index contributed by atoms with van der Waals surface area (Å²) < 4.78 is 6.86. The molecule has 2 heteroatoms. The quantitative estimate of drug-likeness (QED) is 0.176. The van der Waals surface area contributed by atoms with E-state index in [2.05, 4.69) is 229 Å². The summed E-state index contributed by atoms with van der Waals surface area (Å²) in [7, 11) is 0. The normalized spacial score (nSPS) is 13.4. The van der Waals surface area contributed by atoms with Crippen LogP contribution in [0, 0.1) is 0 Å². The van der Waals surface area contributed by atoms with Crippen LogP contribution < -0.4 is 4.90 Å². The Morgan fingerprint density at radius 2 is 0.859 bits per heavy atom. The molecule has 1 aromatic heterocycles. The first kappa shape index (κ1) is 35.4. The molecule has 0 aliphatic heterocycles. The summed E-state index contributed by atoms with van der Waals surface area (Å²) in [5.74, 6) is 0. The van der Waals surface area contributed by atoms with Crippen molar-refractivity contribution in [2.45, 2.75) is 11.8 Å². The van der Waals surface area contributed by atoms with E-state index in [-0.39, 0.29) is 0 Å². The van der Waals surface area contributed by atoms with Crippen molar-refractivity contribution in [1.82, 2.24) is 0 Å². The molecule has 0 amide bonds. The Morgan fingerprint density at radius 3 is 1.62 bits per heavy atom. The standard InChI is InChI=1S/C62H39NO/c1-2-18-42-39(17-1)37-40-38-41(35-36-43(40)42)63(58-33-16-27-51-49-24-9-14-34-59(49)64-61(51)58)57-32-13-8-23-48(57)50-26-15-31-56-60(50)52-25-7-12-30-55(52)62(56)53-28-10-5-21-46(53)44-19-3-4-20-45(44)47-22-6-11-29-54(47)62/h1-36,38H,37H2. The highest BCUT2D eigenvalue weighted by molar-refractivity contribution is 6.11. The van der Waals surface area contributed by atoms with Crippen LogP contribution in [-0.2, 0) is 11.8 Å². The zero-order valence-corrected chi connectivity index (χ0v) is 34.9. The van der Waals surface area contributed by atoms with E-state index in [1.54, 1.807) is 0 Å². The van der Waals surface area contributed by atoms with E-state index < -0.39 is 5.41 Å². The molecule has 10 aromatic carbocycles. The fraction of sp³-hybridized carbons (Fsp3) is 0.0323. The summed E-state index contributed by atoms with van der Waals surface area (Å²) in [4.78, 5) is 2.45. The highest BCUT2D eigenvalue weighted by Gasteiger charge is 2.50. The molecule has 0 atom stereocenters. The summed E-state index contributed by atoms with van der Waals surface area (Å²) in [6, 6.07) is 83.2. The molecule has 0 N–H and O–H groups in total. The van der Waals surface area contributed by atoms with Crippen molar-refractivity contribution in [3.8, 4) is 55.6 Å². The van der Waals surface area contributed by atoms with Gasteiger partial charge in [-0.3, -0.25) is 0 Å². The van der Waals surface area contributed by atoms with Gasteiger partial charge in [0, 0.05) is 22.0 Å². The van der Waals surface area contributed by atoms with Gasteiger partial charge < -0.3 is 9.32 Å². The van der Waals surface area contributed by atoms with Gasteiger partial charge in [0.2, 0.25) is 0 Å². The van der Waals surface area contributed by atoms with E-state index >= 15 is 0 Å². The Bertz CT molecular complexity index is 3670. The first-order valence-electron chi connectivity index (χ1n) is 22.3. The maximum absolute atomic E-state index is 6.86. The molecule has 0 saturated heterocycles. The molecule has 298 valence electrons. The zero-order valence-electron chi connectivity index (χ0n) is 34.9. The van der Waals surface area contributed by atoms with Gasteiger partial charge in [0.15, 0.2) is 5.58 Å². The monoisotopic (exact) mass is 813 g/mol. The second-order valence-electron chi connectivity index (χ2n) is 17.4. The zero-order chi connectivity index (χ0) is 41.9. The maximum Gasteiger partial charge on any atom is 0.159 e. The number of hydrogen-bond donors (Lipinski definition) is 0. The molecule has 0 bridgehead atoms. The minimum atomic E-state index is -0.572. The summed E-state index contributed by atoms with van der Waals surface area (Å²) in [6.45, 7) is 0. The van der Waals surface area contributed by atoms with Gasteiger partial charge in [-0.2, -0.15) is 0 Å². The first-order valence-corrected chi connectivity index (χ1v) is 22.3. The van der Waals surface area contributed by atoms with Gasteiger partial charge >= 0.3 is 0 Å². The van der Waals surface area contributed by atoms with Crippen LogP contribution in [0.25, 0.3) is 77.6 Å². The summed E-state index contributed by atoms with van der Waals surface area (Å²) in [5.41, 5.74) is 24.9. The molecule has 11 aromatic rings. The van der Waals surface area contributed by atoms with Crippen LogP contribution in [-0.4, -0.2) is 0 Å². The molecule has 2 nitrogen and oxygen atoms in total. The number of furan rings is 1. The van der Waals surface area contributed by atoms with Gasteiger partial charge in [-0.25, -0.2) is 0 Å². The Labute approximate surface area is 372 Å². The molecule has 3 aliphatic rings. The molecule has 0 saturated carbocycles. The fourth-order valence-electron chi connectivity index (χ4n) is 11.8. The summed E-state index contributed by atoms with van der Waals surface area (Å²) in [5, 5.41) is 2.22. The van der Waals surface area contributed by atoms with Crippen LogP contribution in [0.5, 0.6) is 0 Å². The fourth-order valence-corrected chi connectivity index (χ4v) is 11.8. The predicted molar refractivity (Wildman–Crippen MR) is 264 cm³/mol. The van der Waals surface area contributed by atoms with Gasteiger partial charge in [-0.05, 0) is 120 Å². The van der Waals surface area contributed by atoms with E-state index in [1.165, 1.54) is 83.5 Å². The SMILES string of the molecule is c1ccc2c(c1)Cc1cc(N(c3ccccc3-c3cccc4c3-c3ccccc3C43c4ccccc4-c4ccccc4-c4ccccc43)c3cccc4c3oc3ccccc34)ccc1-2. The Morgan fingerprint density at radius 1 is 0.344 bits per heavy atom. The number of para-hydroxylation sites is 3. The molecular formula is C62H39NO. The van der Waals surface area contributed by atoms with Gasteiger partial charge in [0.05, 0.1) is 16.8 Å². The third-order valence-electron chi connectivity index (χ3n) is 14.3.